The lowest BCUT2D eigenvalue weighted by Crippen LogP contribution is -2.29. The fourth-order valence-corrected chi connectivity index (χ4v) is 0.978. The van der Waals surface area contributed by atoms with Gasteiger partial charge in [0.1, 0.15) is 0 Å². The van der Waals surface area contributed by atoms with E-state index >= 15 is 0 Å². The van der Waals surface area contributed by atoms with Crippen LogP contribution >= 0.6 is 0 Å². The number of ketones is 1. The minimum Gasteiger partial charge on any atom is -0.495 e. The molecule has 0 aliphatic carbocycles. The number of aliphatic hydroxyl groups excluding tert-OH is 2. The highest BCUT2D eigenvalue weighted by molar-refractivity contribution is 5.87. The lowest BCUT2D eigenvalue weighted by molar-refractivity contribution is -0.112. The summed E-state index contributed by atoms with van der Waals surface area (Å²) in [6.45, 7) is 3.37. The van der Waals surface area contributed by atoms with Gasteiger partial charge < -0.3 is 15.5 Å². The minimum absolute atomic E-state index is 0.0144. The Kier molecular flexibility index (Phi) is 5.97. The molecule has 4 nitrogen and oxygen atoms in total. The molecule has 13 heavy (non-hydrogen) atoms. The molecule has 4 heteroatoms. The van der Waals surface area contributed by atoms with Crippen LogP contribution in [0.4, 0.5) is 0 Å². The highest BCUT2D eigenvalue weighted by Crippen LogP contribution is 1.98. The van der Waals surface area contributed by atoms with Crippen LogP contribution in [0, 0.1) is 0 Å². The van der Waals surface area contributed by atoms with Gasteiger partial charge in [-0.2, -0.15) is 0 Å². The third-order valence-corrected chi connectivity index (χ3v) is 1.66. The zero-order valence-electron chi connectivity index (χ0n) is 8.08. The second-order valence-electron chi connectivity index (χ2n) is 2.90. The molecule has 3 N–H and O–H groups in total. The quantitative estimate of drug-likeness (QED) is 0.423. The van der Waals surface area contributed by atoms with Crippen LogP contribution in [0.3, 0.4) is 0 Å². The number of nitrogens with one attached hydrogen (secondary N) is 1. The maximum absolute atomic E-state index is 10.6. The highest BCUT2D eigenvalue weighted by atomic mass is 16.3. The van der Waals surface area contributed by atoms with Gasteiger partial charge in [0.25, 0.3) is 0 Å². The molecular weight excluding hydrogens is 170 g/mol. The third-order valence-electron chi connectivity index (χ3n) is 1.66. The van der Waals surface area contributed by atoms with Crippen molar-refractivity contribution in [2.75, 3.05) is 6.61 Å². The van der Waals surface area contributed by atoms with E-state index < -0.39 is 0 Å². The molecule has 0 aromatic carbocycles. The average Bonchev–Trinajstić information content (AvgIpc) is 2.02. The summed E-state index contributed by atoms with van der Waals surface area (Å²) >= 11 is 0. The maximum atomic E-state index is 10.6. The van der Waals surface area contributed by atoms with Crippen molar-refractivity contribution in [2.24, 2.45) is 0 Å². The second-order valence-corrected chi connectivity index (χ2v) is 2.90. The van der Waals surface area contributed by atoms with Gasteiger partial charge >= 0.3 is 0 Å². The summed E-state index contributed by atoms with van der Waals surface area (Å²) in [7, 11) is 0. The summed E-state index contributed by atoms with van der Waals surface area (Å²) in [5.74, 6) is -0.336. The van der Waals surface area contributed by atoms with Crippen molar-refractivity contribution < 1.29 is 15.0 Å². The zero-order chi connectivity index (χ0) is 10.3. The van der Waals surface area contributed by atoms with E-state index in [9.17, 15) is 9.90 Å². The Balaban J connectivity index is 3.99. The first kappa shape index (κ1) is 12.0. The monoisotopic (exact) mass is 187 g/mol. The van der Waals surface area contributed by atoms with Gasteiger partial charge in [0.05, 0.1) is 0 Å². The molecule has 0 saturated carbocycles. The number of carbonyl (C=O) groups excluding carboxylic acids is 1. The first-order chi connectivity index (χ1) is 6.10. The predicted octanol–water partition coefficient (Wildman–Crippen LogP) is 0.725. The van der Waals surface area contributed by atoms with Crippen molar-refractivity contribution in [1.82, 2.24) is 5.32 Å². The average molecular weight is 187 g/mol. The summed E-state index contributed by atoms with van der Waals surface area (Å²) < 4.78 is 0. The number of rotatable bonds is 6. The van der Waals surface area contributed by atoms with Gasteiger partial charge in [-0.15, -0.1) is 0 Å². The number of carbonyl (C=O) groups is 1. The van der Waals surface area contributed by atoms with Gasteiger partial charge in [0.15, 0.2) is 11.7 Å². The van der Waals surface area contributed by atoms with Gasteiger partial charge in [-0.25, -0.2) is 0 Å². The fourth-order valence-electron chi connectivity index (χ4n) is 0.978. The molecule has 0 fully saturated rings. The molecule has 0 heterocycles. The summed E-state index contributed by atoms with van der Waals surface area (Å²) in [4.78, 5) is 10.6. The predicted molar refractivity (Wildman–Crippen MR) is 50.3 cm³/mol. The first-order valence-corrected chi connectivity index (χ1v) is 4.38. The maximum Gasteiger partial charge on any atom is 0.187 e. The van der Waals surface area contributed by atoms with E-state index in [0.717, 1.165) is 12.5 Å². The van der Waals surface area contributed by atoms with Crippen LogP contribution in [0.1, 0.15) is 26.7 Å². The first-order valence-electron chi connectivity index (χ1n) is 4.38. The number of allylic oxidation sites excluding steroid dienone is 1. The Hall–Kier alpha value is -1.03. The largest absolute Gasteiger partial charge is 0.495 e. The molecule has 1 atom stereocenters. The molecule has 1 unspecified atom stereocenters. The SMILES string of the molecule is CCC(CCO)N/C(O)=C/C(C)=O. The number of aliphatic hydroxyl groups is 2. The fraction of sp³-hybridized carbons (Fsp3) is 0.667. The highest BCUT2D eigenvalue weighted by Gasteiger charge is 2.05. The van der Waals surface area contributed by atoms with Gasteiger partial charge in [-0.05, 0) is 19.8 Å². The molecule has 0 aromatic heterocycles. The Morgan fingerprint density at radius 1 is 1.62 bits per heavy atom. The van der Waals surface area contributed by atoms with Crippen LogP contribution in [0.2, 0.25) is 0 Å². The number of hydrogen-bond acceptors (Lipinski definition) is 4. The molecule has 0 bridgehead atoms. The van der Waals surface area contributed by atoms with E-state index in [1.165, 1.54) is 6.92 Å². The molecule has 0 spiro atoms. The van der Waals surface area contributed by atoms with Crippen LogP contribution in [-0.2, 0) is 4.79 Å². The van der Waals surface area contributed by atoms with Crippen molar-refractivity contribution in [3.63, 3.8) is 0 Å². The van der Waals surface area contributed by atoms with Crippen molar-refractivity contribution in [3.8, 4) is 0 Å². The Labute approximate surface area is 78.3 Å². The van der Waals surface area contributed by atoms with Crippen LogP contribution in [0.25, 0.3) is 0 Å². The summed E-state index contributed by atoms with van der Waals surface area (Å²) in [6.07, 6.45) is 2.47. The molecule has 76 valence electrons. The molecule has 0 aromatic rings. The lowest BCUT2D eigenvalue weighted by atomic mass is 10.1. The molecular formula is C9H17NO3. The van der Waals surface area contributed by atoms with Gasteiger partial charge in [0, 0.05) is 18.7 Å². The van der Waals surface area contributed by atoms with Crippen molar-refractivity contribution in [1.29, 1.82) is 0 Å². The van der Waals surface area contributed by atoms with E-state index in [0.29, 0.717) is 6.42 Å². The molecule has 0 aliphatic heterocycles. The molecule has 0 amide bonds. The van der Waals surface area contributed by atoms with Gasteiger partial charge in [-0.3, -0.25) is 4.79 Å². The molecule has 0 radical (unpaired) electrons. The van der Waals surface area contributed by atoms with E-state index in [4.69, 9.17) is 5.11 Å². The van der Waals surface area contributed by atoms with Crippen LogP contribution in [0.15, 0.2) is 12.0 Å². The van der Waals surface area contributed by atoms with Crippen LogP contribution in [0.5, 0.6) is 0 Å². The van der Waals surface area contributed by atoms with E-state index in [-0.39, 0.29) is 24.3 Å². The van der Waals surface area contributed by atoms with Crippen LogP contribution < -0.4 is 5.32 Å². The second kappa shape index (κ2) is 6.48. The van der Waals surface area contributed by atoms with Crippen molar-refractivity contribution >= 4 is 5.78 Å². The van der Waals surface area contributed by atoms with Gasteiger partial charge in [0.2, 0.25) is 0 Å². The normalized spacial score (nSPS) is 13.9. The standard InChI is InChI=1S/C9H17NO3/c1-3-8(4-5-11)10-9(13)6-7(2)12/h6,8,10-11,13H,3-5H2,1-2H3/b9-6-. The lowest BCUT2D eigenvalue weighted by Gasteiger charge is -2.15. The van der Waals surface area contributed by atoms with Crippen molar-refractivity contribution in [3.05, 3.63) is 12.0 Å². The van der Waals surface area contributed by atoms with Gasteiger partial charge in [-0.1, -0.05) is 6.92 Å². The van der Waals surface area contributed by atoms with E-state index in [1.54, 1.807) is 0 Å². The Bertz CT molecular complexity index is 189. The minimum atomic E-state index is -0.205. The van der Waals surface area contributed by atoms with Crippen LogP contribution in [-0.4, -0.2) is 28.6 Å². The molecule has 0 rings (SSSR count). The zero-order valence-corrected chi connectivity index (χ0v) is 8.08. The summed E-state index contributed by atoms with van der Waals surface area (Å²) in [6, 6.07) is 0.0144. The third kappa shape index (κ3) is 6.16. The number of hydrogen-bond donors (Lipinski definition) is 3. The summed E-state index contributed by atoms with van der Waals surface area (Å²) in [5.41, 5.74) is 0. The van der Waals surface area contributed by atoms with E-state index in [1.807, 2.05) is 6.92 Å². The topological polar surface area (TPSA) is 69.6 Å². The molecule has 0 aliphatic rings. The van der Waals surface area contributed by atoms with E-state index in [2.05, 4.69) is 5.32 Å². The Morgan fingerprint density at radius 2 is 2.23 bits per heavy atom. The summed E-state index contributed by atoms with van der Waals surface area (Å²) in [5, 5.41) is 20.6. The Morgan fingerprint density at radius 3 is 2.62 bits per heavy atom. The molecule has 0 saturated heterocycles. The van der Waals surface area contributed by atoms with Crippen molar-refractivity contribution in [2.45, 2.75) is 32.7 Å². The smallest absolute Gasteiger partial charge is 0.187 e.